The van der Waals surface area contributed by atoms with Gasteiger partial charge in [-0.05, 0) is 24.6 Å². The van der Waals surface area contributed by atoms with Gasteiger partial charge in [0, 0.05) is 6.42 Å². The van der Waals surface area contributed by atoms with Crippen molar-refractivity contribution < 1.29 is 19.5 Å². The molecular formula is C14H15NO4. The van der Waals surface area contributed by atoms with Gasteiger partial charge in [-0.15, -0.1) is 0 Å². The monoisotopic (exact) mass is 261 g/mol. The molecule has 5 nitrogen and oxygen atoms in total. The Morgan fingerprint density at radius 3 is 2.42 bits per heavy atom. The van der Waals surface area contributed by atoms with Crippen molar-refractivity contribution in [2.75, 3.05) is 4.90 Å². The number of carbonyl (C=O) groups excluding carboxylic acids is 2. The van der Waals surface area contributed by atoms with Gasteiger partial charge in [-0.1, -0.05) is 19.9 Å². The Balaban J connectivity index is 2.55. The predicted octanol–water partition coefficient (Wildman–Crippen LogP) is 1.98. The molecule has 1 aromatic carbocycles. The highest BCUT2D eigenvalue weighted by atomic mass is 16.4. The number of aromatic carboxylic acids is 1. The van der Waals surface area contributed by atoms with Crippen LogP contribution in [0.25, 0.3) is 0 Å². The van der Waals surface area contributed by atoms with E-state index in [1.54, 1.807) is 26.8 Å². The van der Waals surface area contributed by atoms with Crippen molar-refractivity contribution in [1.29, 1.82) is 0 Å². The minimum atomic E-state index is -1.07. The third-order valence-electron chi connectivity index (χ3n) is 3.40. The lowest BCUT2D eigenvalue weighted by atomic mass is 9.92. The Bertz CT molecular complexity index is 589. The molecule has 1 aliphatic heterocycles. The molecule has 5 heteroatoms. The van der Waals surface area contributed by atoms with Gasteiger partial charge in [-0.2, -0.15) is 0 Å². The summed E-state index contributed by atoms with van der Waals surface area (Å²) in [5.41, 5.74) is 0.153. The molecule has 1 aromatic rings. The zero-order chi connectivity index (χ0) is 14.4. The molecule has 0 radical (unpaired) electrons. The Morgan fingerprint density at radius 2 is 1.95 bits per heavy atom. The lowest BCUT2D eigenvalue weighted by molar-refractivity contribution is -0.124. The Hall–Kier alpha value is -2.17. The number of nitrogens with zero attached hydrogens (tertiary/aromatic N) is 1. The first kappa shape index (κ1) is 13.3. The first-order valence-electron chi connectivity index (χ1n) is 5.96. The van der Waals surface area contributed by atoms with Crippen LogP contribution in [0.5, 0.6) is 0 Å². The normalized spacial score (nSPS) is 17.9. The van der Waals surface area contributed by atoms with Gasteiger partial charge in [0.2, 0.25) is 11.8 Å². The average molecular weight is 261 g/mol. The number of hydrogen-bond acceptors (Lipinski definition) is 3. The molecular weight excluding hydrogens is 246 g/mol. The second kappa shape index (κ2) is 4.19. The van der Waals surface area contributed by atoms with Crippen LogP contribution in [-0.4, -0.2) is 22.9 Å². The summed E-state index contributed by atoms with van der Waals surface area (Å²) < 4.78 is 0. The van der Waals surface area contributed by atoms with Crippen LogP contribution in [0.15, 0.2) is 18.2 Å². The highest BCUT2D eigenvalue weighted by molar-refractivity contribution is 6.22. The van der Waals surface area contributed by atoms with Crippen LogP contribution >= 0.6 is 0 Å². The molecule has 1 N–H and O–H groups in total. The van der Waals surface area contributed by atoms with Crippen LogP contribution in [0.1, 0.15) is 36.2 Å². The smallest absolute Gasteiger partial charge is 0.336 e. The van der Waals surface area contributed by atoms with Crippen molar-refractivity contribution in [2.45, 2.75) is 27.2 Å². The van der Waals surface area contributed by atoms with E-state index >= 15 is 0 Å². The van der Waals surface area contributed by atoms with Crippen LogP contribution in [0.4, 0.5) is 5.69 Å². The molecule has 100 valence electrons. The molecule has 0 unspecified atom stereocenters. The van der Waals surface area contributed by atoms with Crippen LogP contribution < -0.4 is 4.90 Å². The number of carbonyl (C=O) groups is 3. The lowest BCUT2D eigenvalue weighted by Crippen LogP contribution is -2.33. The summed E-state index contributed by atoms with van der Waals surface area (Å²) in [5, 5.41) is 9.08. The van der Waals surface area contributed by atoms with E-state index in [0.29, 0.717) is 11.3 Å². The first-order chi connectivity index (χ1) is 8.75. The molecule has 19 heavy (non-hydrogen) atoms. The quantitative estimate of drug-likeness (QED) is 0.826. The van der Waals surface area contributed by atoms with Gasteiger partial charge in [-0.25, -0.2) is 9.69 Å². The van der Waals surface area contributed by atoms with Crippen LogP contribution in [0.2, 0.25) is 0 Å². The Kier molecular flexibility index (Phi) is 2.92. The SMILES string of the molecule is Cc1c(C(=O)O)cccc1N1C(=O)CC(C)(C)C1=O. The lowest BCUT2D eigenvalue weighted by Gasteiger charge is -2.20. The van der Waals surface area contributed by atoms with Crippen LogP contribution in [0, 0.1) is 12.3 Å². The van der Waals surface area contributed by atoms with E-state index in [1.807, 2.05) is 0 Å². The second-order valence-corrected chi connectivity index (χ2v) is 5.35. The fourth-order valence-electron chi connectivity index (χ4n) is 2.29. The summed E-state index contributed by atoms with van der Waals surface area (Å²) in [4.78, 5) is 36.4. The van der Waals surface area contributed by atoms with Gasteiger partial charge < -0.3 is 5.11 Å². The van der Waals surface area contributed by atoms with E-state index in [2.05, 4.69) is 0 Å². The molecule has 0 bridgehead atoms. The molecule has 1 heterocycles. The summed E-state index contributed by atoms with van der Waals surface area (Å²) in [7, 11) is 0. The number of amides is 2. The largest absolute Gasteiger partial charge is 0.478 e. The fourth-order valence-corrected chi connectivity index (χ4v) is 2.29. The van der Waals surface area contributed by atoms with E-state index in [1.165, 1.54) is 12.1 Å². The first-order valence-corrected chi connectivity index (χ1v) is 5.96. The molecule has 0 spiro atoms. The van der Waals surface area contributed by atoms with Crippen molar-refractivity contribution >= 4 is 23.5 Å². The fraction of sp³-hybridized carbons (Fsp3) is 0.357. The summed E-state index contributed by atoms with van der Waals surface area (Å²) in [6.45, 7) is 5.03. The molecule has 1 saturated heterocycles. The van der Waals surface area contributed by atoms with Crippen molar-refractivity contribution in [3.63, 3.8) is 0 Å². The second-order valence-electron chi connectivity index (χ2n) is 5.35. The van der Waals surface area contributed by atoms with Crippen LogP contribution in [0.3, 0.4) is 0 Å². The third kappa shape index (κ3) is 2.01. The van der Waals surface area contributed by atoms with Crippen molar-refractivity contribution in [1.82, 2.24) is 0 Å². The minimum Gasteiger partial charge on any atom is -0.478 e. The highest BCUT2D eigenvalue weighted by Crippen LogP contribution is 2.36. The van der Waals surface area contributed by atoms with Crippen molar-refractivity contribution in [3.8, 4) is 0 Å². The predicted molar refractivity (Wildman–Crippen MR) is 69.0 cm³/mol. The summed E-state index contributed by atoms with van der Waals surface area (Å²) in [6, 6.07) is 4.59. The van der Waals surface area contributed by atoms with Gasteiger partial charge in [-0.3, -0.25) is 9.59 Å². The number of carboxylic acids is 1. The maximum atomic E-state index is 12.2. The molecule has 2 amide bonds. The number of hydrogen-bond donors (Lipinski definition) is 1. The van der Waals surface area contributed by atoms with Gasteiger partial charge in [0.05, 0.1) is 16.7 Å². The van der Waals surface area contributed by atoms with Gasteiger partial charge >= 0.3 is 5.97 Å². The standard InChI is InChI=1S/C14H15NO4/c1-8-9(12(17)18)5-4-6-10(8)15-11(16)7-14(2,3)13(15)19/h4-6H,7H2,1-3H3,(H,17,18). The Morgan fingerprint density at radius 1 is 1.32 bits per heavy atom. The van der Waals surface area contributed by atoms with Crippen LogP contribution in [-0.2, 0) is 9.59 Å². The van der Waals surface area contributed by atoms with E-state index in [9.17, 15) is 14.4 Å². The molecule has 0 aromatic heterocycles. The topological polar surface area (TPSA) is 74.7 Å². The number of rotatable bonds is 2. The number of anilines is 1. The number of carboxylic acid groups (broad SMARTS) is 1. The molecule has 0 aliphatic carbocycles. The van der Waals surface area contributed by atoms with Crippen molar-refractivity contribution in [3.05, 3.63) is 29.3 Å². The van der Waals surface area contributed by atoms with E-state index in [-0.39, 0.29) is 23.8 Å². The van der Waals surface area contributed by atoms with E-state index in [0.717, 1.165) is 4.90 Å². The minimum absolute atomic E-state index is 0.0998. The number of benzene rings is 1. The van der Waals surface area contributed by atoms with Crippen molar-refractivity contribution in [2.24, 2.45) is 5.41 Å². The molecule has 1 aliphatic rings. The summed E-state index contributed by atoms with van der Waals surface area (Å²) in [6.07, 6.45) is 0.141. The molecule has 0 saturated carbocycles. The van der Waals surface area contributed by atoms with Gasteiger partial charge in [0.1, 0.15) is 0 Å². The average Bonchev–Trinajstić information content (AvgIpc) is 2.49. The molecule has 0 atom stereocenters. The van der Waals surface area contributed by atoms with E-state index < -0.39 is 11.4 Å². The highest BCUT2D eigenvalue weighted by Gasteiger charge is 2.46. The zero-order valence-electron chi connectivity index (χ0n) is 11.1. The molecule has 2 rings (SSSR count). The Labute approximate surface area is 110 Å². The maximum absolute atomic E-state index is 12.2. The maximum Gasteiger partial charge on any atom is 0.336 e. The molecule has 1 fully saturated rings. The summed E-state index contributed by atoms with van der Waals surface area (Å²) >= 11 is 0. The van der Waals surface area contributed by atoms with E-state index in [4.69, 9.17) is 5.11 Å². The van der Waals surface area contributed by atoms with Gasteiger partial charge in [0.25, 0.3) is 0 Å². The number of imide groups is 1. The summed E-state index contributed by atoms with van der Waals surface area (Å²) in [5.74, 6) is -1.65. The zero-order valence-corrected chi connectivity index (χ0v) is 11.1. The third-order valence-corrected chi connectivity index (χ3v) is 3.40. The van der Waals surface area contributed by atoms with Gasteiger partial charge in [0.15, 0.2) is 0 Å².